The van der Waals surface area contributed by atoms with Crippen LogP contribution < -0.4 is 5.32 Å². The summed E-state index contributed by atoms with van der Waals surface area (Å²) in [5, 5.41) is 25.0. The first-order chi connectivity index (χ1) is 10.0. The van der Waals surface area contributed by atoms with E-state index in [0.717, 1.165) is 12.8 Å². The second kappa shape index (κ2) is 8.27. The number of rotatable bonds is 7. The third-order valence-corrected chi connectivity index (χ3v) is 3.05. The third-order valence-electron chi connectivity index (χ3n) is 3.05. The van der Waals surface area contributed by atoms with Crippen LogP contribution in [0.1, 0.15) is 45.2 Å². The lowest BCUT2D eigenvalue weighted by molar-refractivity contribution is 0.187. The SMILES string of the molecule is CCCCN(CCO)C(=O)Nc1nn(C(C)C)cc1C#N. The average molecular weight is 293 g/mol. The van der Waals surface area contributed by atoms with Crippen LogP contribution in [-0.2, 0) is 0 Å². The number of nitriles is 1. The lowest BCUT2D eigenvalue weighted by Crippen LogP contribution is -2.38. The zero-order chi connectivity index (χ0) is 15.8. The maximum atomic E-state index is 12.2. The summed E-state index contributed by atoms with van der Waals surface area (Å²) >= 11 is 0. The minimum absolute atomic E-state index is 0.0946. The number of hydrogen-bond acceptors (Lipinski definition) is 4. The van der Waals surface area contributed by atoms with Gasteiger partial charge in [-0.15, -0.1) is 0 Å². The lowest BCUT2D eigenvalue weighted by Gasteiger charge is -2.21. The molecule has 0 fully saturated rings. The molecule has 7 heteroatoms. The average Bonchev–Trinajstić information content (AvgIpc) is 2.86. The van der Waals surface area contributed by atoms with Gasteiger partial charge >= 0.3 is 6.03 Å². The van der Waals surface area contributed by atoms with E-state index in [1.54, 1.807) is 10.9 Å². The molecule has 116 valence electrons. The topological polar surface area (TPSA) is 94.2 Å². The first-order valence-corrected chi connectivity index (χ1v) is 7.19. The summed E-state index contributed by atoms with van der Waals surface area (Å²) < 4.78 is 1.64. The van der Waals surface area contributed by atoms with Crippen LogP contribution in [0.3, 0.4) is 0 Å². The molecule has 0 radical (unpaired) electrons. The van der Waals surface area contributed by atoms with Gasteiger partial charge in [-0.05, 0) is 20.3 Å². The number of nitrogens with one attached hydrogen (secondary N) is 1. The Bertz CT molecular complexity index is 504. The summed E-state index contributed by atoms with van der Waals surface area (Å²) in [6.07, 6.45) is 3.43. The Labute approximate surface area is 125 Å². The minimum Gasteiger partial charge on any atom is -0.395 e. The van der Waals surface area contributed by atoms with E-state index in [1.165, 1.54) is 4.90 Å². The van der Waals surface area contributed by atoms with Gasteiger partial charge in [0, 0.05) is 25.3 Å². The minimum atomic E-state index is -0.344. The zero-order valence-corrected chi connectivity index (χ0v) is 12.8. The molecule has 1 heterocycles. The molecule has 0 atom stereocenters. The Morgan fingerprint density at radius 2 is 2.29 bits per heavy atom. The van der Waals surface area contributed by atoms with Crippen molar-refractivity contribution >= 4 is 11.8 Å². The van der Waals surface area contributed by atoms with Crippen molar-refractivity contribution in [1.29, 1.82) is 5.26 Å². The summed E-state index contributed by atoms with van der Waals surface area (Å²) in [6, 6.07) is 1.79. The van der Waals surface area contributed by atoms with Gasteiger partial charge in [-0.1, -0.05) is 13.3 Å². The molecule has 0 aromatic carbocycles. The summed E-state index contributed by atoms with van der Waals surface area (Å²) in [4.78, 5) is 13.7. The van der Waals surface area contributed by atoms with Crippen molar-refractivity contribution in [2.75, 3.05) is 25.0 Å². The Hall–Kier alpha value is -2.07. The molecule has 0 aliphatic rings. The van der Waals surface area contributed by atoms with Crippen LogP contribution in [-0.4, -0.2) is 45.5 Å². The van der Waals surface area contributed by atoms with Crippen LogP contribution in [0.25, 0.3) is 0 Å². The van der Waals surface area contributed by atoms with E-state index < -0.39 is 0 Å². The van der Waals surface area contributed by atoms with Gasteiger partial charge < -0.3 is 10.0 Å². The fourth-order valence-electron chi connectivity index (χ4n) is 1.80. The maximum Gasteiger partial charge on any atom is 0.323 e. The van der Waals surface area contributed by atoms with Gasteiger partial charge in [0.2, 0.25) is 0 Å². The highest BCUT2D eigenvalue weighted by Gasteiger charge is 2.17. The van der Waals surface area contributed by atoms with Gasteiger partial charge in [-0.25, -0.2) is 4.79 Å². The fourth-order valence-corrected chi connectivity index (χ4v) is 1.80. The Balaban J connectivity index is 2.82. The Kier molecular flexibility index (Phi) is 6.69. The molecule has 1 aromatic heterocycles. The number of aromatic nitrogens is 2. The highest BCUT2D eigenvalue weighted by Crippen LogP contribution is 2.15. The molecule has 0 aliphatic carbocycles. The normalized spacial score (nSPS) is 10.5. The first-order valence-electron chi connectivity index (χ1n) is 7.19. The summed E-state index contributed by atoms with van der Waals surface area (Å²) in [7, 11) is 0. The van der Waals surface area contributed by atoms with E-state index >= 15 is 0 Å². The maximum absolute atomic E-state index is 12.2. The molecule has 0 unspecified atom stereocenters. The molecule has 7 nitrogen and oxygen atoms in total. The number of urea groups is 1. The van der Waals surface area contributed by atoms with E-state index in [-0.39, 0.29) is 31.0 Å². The standard InChI is InChI=1S/C14H23N5O2/c1-4-5-6-18(7-8-20)14(21)16-13-12(9-15)10-19(17-13)11(2)3/h10-11,20H,4-8H2,1-3H3,(H,16,17,21). The van der Waals surface area contributed by atoms with Crippen LogP contribution in [0.4, 0.5) is 10.6 Å². The molecule has 0 aliphatic heterocycles. The van der Waals surface area contributed by atoms with E-state index in [4.69, 9.17) is 10.4 Å². The highest BCUT2D eigenvalue weighted by atomic mass is 16.3. The van der Waals surface area contributed by atoms with Gasteiger partial charge in [0.15, 0.2) is 5.82 Å². The molecule has 2 amide bonds. The molecule has 0 spiro atoms. The van der Waals surface area contributed by atoms with Crippen molar-refractivity contribution < 1.29 is 9.90 Å². The predicted molar refractivity (Wildman–Crippen MR) is 79.9 cm³/mol. The van der Waals surface area contributed by atoms with Crippen LogP contribution in [0.15, 0.2) is 6.20 Å². The van der Waals surface area contributed by atoms with E-state index in [0.29, 0.717) is 12.1 Å². The number of anilines is 1. The first kappa shape index (κ1) is 17.0. The zero-order valence-electron chi connectivity index (χ0n) is 12.8. The molecular formula is C14H23N5O2. The molecule has 0 saturated carbocycles. The number of carbonyl (C=O) groups is 1. The predicted octanol–water partition coefficient (Wildman–Crippen LogP) is 1.96. The molecular weight excluding hydrogens is 270 g/mol. The molecule has 2 N–H and O–H groups in total. The van der Waals surface area contributed by atoms with Gasteiger partial charge in [0.05, 0.1) is 6.61 Å². The van der Waals surface area contributed by atoms with Crippen molar-refractivity contribution in [3.8, 4) is 6.07 Å². The van der Waals surface area contributed by atoms with Crippen LogP contribution in [0, 0.1) is 11.3 Å². The van der Waals surface area contributed by atoms with Crippen LogP contribution >= 0.6 is 0 Å². The van der Waals surface area contributed by atoms with Crippen molar-refractivity contribution in [2.24, 2.45) is 0 Å². The van der Waals surface area contributed by atoms with Gasteiger partial charge in [0.1, 0.15) is 11.6 Å². The second-order valence-electron chi connectivity index (χ2n) is 5.07. The van der Waals surface area contributed by atoms with E-state index in [1.807, 2.05) is 26.8 Å². The summed E-state index contributed by atoms with van der Waals surface area (Å²) in [5.41, 5.74) is 0.330. The number of hydrogen-bond donors (Lipinski definition) is 2. The molecule has 1 rings (SSSR count). The van der Waals surface area contributed by atoms with E-state index in [2.05, 4.69) is 10.4 Å². The van der Waals surface area contributed by atoms with Crippen molar-refractivity contribution in [2.45, 2.75) is 39.7 Å². The molecule has 0 saturated heterocycles. The fraction of sp³-hybridized carbons (Fsp3) is 0.643. The number of amides is 2. The lowest BCUT2D eigenvalue weighted by atomic mass is 10.3. The highest BCUT2D eigenvalue weighted by molar-refractivity contribution is 5.89. The molecule has 21 heavy (non-hydrogen) atoms. The van der Waals surface area contributed by atoms with Gasteiger partial charge in [-0.2, -0.15) is 10.4 Å². The smallest absolute Gasteiger partial charge is 0.323 e. The number of nitrogens with zero attached hydrogens (tertiary/aromatic N) is 4. The molecule has 0 bridgehead atoms. The monoisotopic (exact) mass is 293 g/mol. The number of carbonyl (C=O) groups excluding carboxylic acids is 1. The van der Waals surface area contributed by atoms with Crippen molar-refractivity contribution in [3.63, 3.8) is 0 Å². The second-order valence-corrected chi connectivity index (χ2v) is 5.07. The van der Waals surface area contributed by atoms with Crippen LogP contribution in [0.5, 0.6) is 0 Å². The Morgan fingerprint density at radius 3 is 2.81 bits per heavy atom. The van der Waals surface area contributed by atoms with Crippen LogP contribution in [0.2, 0.25) is 0 Å². The summed E-state index contributed by atoms with van der Waals surface area (Å²) in [6.45, 7) is 6.65. The quantitative estimate of drug-likeness (QED) is 0.803. The van der Waals surface area contributed by atoms with Crippen molar-refractivity contribution in [3.05, 3.63) is 11.8 Å². The van der Waals surface area contributed by atoms with Crippen molar-refractivity contribution in [1.82, 2.24) is 14.7 Å². The van der Waals surface area contributed by atoms with E-state index in [9.17, 15) is 4.79 Å². The van der Waals surface area contributed by atoms with Gasteiger partial charge in [-0.3, -0.25) is 10.00 Å². The Morgan fingerprint density at radius 1 is 1.57 bits per heavy atom. The molecule has 1 aromatic rings. The summed E-state index contributed by atoms with van der Waals surface area (Å²) in [5.74, 6) is 0.260. The largest absolute Gasteiger partial charge is 0.395 e. The van der Waals surface area contributed by atoms with Gasteiger partial charge in [0.25, 0.3) is 0 Å². The number of aliphatic hydroxyl groups excluding tert-OH is 1. The number of aliphatic hydroxyl groups is 1. The third kappa shape index (κ3) is 4.76. The number of unbranched alkanes of at least 4 members (excludes halogenated alkanes) is 1.